The van der Waals surface area contributed by atoms with Crippen molar-refractivity contribution >= 4 is 29.1 Å². The zero-order valence-electron chi connectivity index (χ0n) is 15.7. The van der Waals surface area contributed by atoms with Crippen LogP contribution in [0.2, 0.25) is 0 Å². The number of hydrogen-bond acceptors (Lipinski definition) is 6. The van der Waals surface area contributed by atoms with Gasteiger partial charge in [-0.3, -0.25) is 9.59 Å². The van der Waals surface area contributed by atoms with Crippen molar-refractivity contribution in [3.05, 3.63) is 74.2 Å². The lowest BCUT2D eigenvalue weighted by Gasteiger charge is -2.35. The van der Waals surface area contributed by atoms with Crippen molar-refractivity contribution in [2.45, 2.75) is 16.2 Å². The molecular weight excluding hydrogens is 410 g/mol. The Labute approximate surface area is 175 Å². The van der Waals surface area contributed by atoms with Crippen LogP contribution in [-0.4, -0.2) is 30.3 Å². The summed E-state index contributed by atoms with van der Waals surface area (Å²) in [6.45, 7) is 0. The fourth-order valence-corrected chi connectivity index (χ4v) is 6.27. The number of carboxylic acid groups (broad SMARTS) is 1. The third kappa shape index (κ3) is 3.65. The minimum Gasteiger partial charge on any atom is -0.497 e. The predicted octanol–water partition coefficient (Wildman–Crippen LogP) is 4.13. The number of H-pyrrole nitrogens is 1. The lowest BCUT2D eigenvalue weighted by Crippen LogP contribution is -2.30. The normalized spacial score (nSPS) is 20.7. The molecule has 29 heavy (non-hydrogen) atoms. The van der Waals surface area contributed by atoms with Crippen molar-refractivity contribution in [3.8, 4) is 11.5 Å². The molecule has 0 unspecified atom stereocenters. The number of rotatable bonds is 5. The quantitative estimate of drug-likeness (QED) is 0.634. The number of carbonyl (C=O) groups is 1. The van der Waals surface area contributed by atoms with Crippen LogP contribution in [0.4, 0.5) is 0 Å². The van der Waals surface area contributed by atoms with Crippen LogP contribution < -0.4 is 14.3 Å². The first-order valence-corrected chi connectivity index (χ1v) is 10.6. The number of ether oxygens (including phenoxy) is 2. The molecule has 4 rings (SSSR count). The Kier molecular flexibility index (Phi) is 5.38. The molecule has 2 N–H and O–H groups in total. The number of aromatic nitrogens is 1. The number of aliphatic carboxylic acids is 1. The number of fused-ring (bicyclic) bond motifs is 1. The predicted molar refractivity (Wildman–Crippen MR) is 112 cm³/mol. The molecule has 1 aliphatic heterocycles. The number of thioether (sulfide) groups is 1. The maximum absolute atomic E-state index is 12.4. The topological polar surface area (TPSA) is 88.6 Å². The molecule has 150 valence electrons. The van der Waals surface area contributed by atoms with Gasteiger partial charge < -0.3 is 19.6 Å². The Morgan fingerprint density at radius 3 is 2.03 bits per heavy atom. The number of hydrogen-bond donors (Lipinski definition) is 2. The number of thiazole rings is 1. The summed E-state index contributed by atoms with van der Waals surface area (Å²) in [4.78, 5) is 28.0. The molecule has 1 aromatic heterocycles. The van der Waals surface area contributed by atoms with Crippen molar-refractivity contribution < 1.29 is 19.4 Å². The zero-order valence-corrected chi connectivity index (χ0v) is 17.4. The van der Waals surface area contributed by atoms with Gasteiger partial charge in [0.05, 0.1) is 30.4 Å². The van der Waals surface area contributed by atoms with E-state index in [0.29, 0.717) is 11.5 Å². The number of methoxy groups -OCH3 is 2. The molecule has 0 amide bonds. The molecule has 2 heterocycles. The molecule has 0 bridgehead atoms. The summed E-state index contributed by atoms with van der Waals surface area (Å²) in [7, 11) is 3.18. The Morgan fingerprint density at radius 1 is 0.966 bits per heavy atom. The molecule has 1 aliphatic rings. The van der Waals surface area contributed by atoms with Gasteiger partial charge in [0.15, 0.2) is 0 Å². The highest BCUT2D eigenvalue weighted by Gasteiger charge is 2.45. The monoisotopic (exact) mass is 429 g/mol. The fourth-order valence-electron chi connectivity index (χ4n) is 3.67. The van der Waals surface area contributed by atoms with E-state index in [1.54, 1.807) is 14.2 Å². The van der Waals surface area contributed by atoms with Gasteiger partial charge in [0.1, 0.15) is 11.5 Å². The molecule has 3 aromatic rings. The second-order valence-corrected chi connectivity index (χ2v) is 8.80. The molecule has 0 spiro atoms. The third-order valence-corrected chi connectivity index (χ3v) is 7.53. The summed E-state index contributed by atoms with van der Waals surface area (Å²) in [5.74, 6) is -0.671. The third-order valence-electron chi connectivity index (χ3n) is 5.06. The van der Waals surface area contributed by atoms with E-state index in [-0.39, 0.29) is 10.1 Å². The van der Waals surface area contributed by atoms with Crippen LogP contribution in [0.1, 0.15) is 27.2 Å². The molecule has 6 nitrogen and oxygen atoms in total. The summed E-state index contributed by atoms with van der Waals surface area (Å²) >= 11 is 2.48. The largest absolute Gasteiger partial charge is 0.497 e. The van der Waals surface area contributed by atoms with Crippen LogP contribution in [0.15, 0.2) is 58.4 Å². The molecule has 0 fully saturated rings. The van der Waals surface area contributed by atoms with E-state index < -0.39 is 17.8 Å². The van der Waals surface area contributed by atoms with Crippen molar-refractivity contribution in [1.82, 2.24) is 4.98 Å². The fraction of sp³-hybridized carbons (Fsp3) is 0.238. The summed E-state index contributed by atoms with van der Waals surface area (Å²) in [6.07, 6.45) is 0. The second-order valence-electron chi connectivity index (χ2n) is 6.63. The minimum absolute atomic E-state index is 0.180. The van der Waals surface area contributed by atoms with Crippen LogP contribution in [-0.2, 0) is 4.79 Å². The summed E-state index contributed by atoms with van der Waals surface area (Å²) in [6, 6.07) is 14.8. The van der Waals surface area contributed by atoms with Gasteiger partial charge in [-0.15, -0.1) is 0 Å². The van der Waals surface area contributed by atoms with Crippen LogP contribution in [0.25, 0.3) is 0 Å². The second kappa shape index (κ2) is 7.96. The number of aromatic amines is 1. The van der Waals surface area contributed by atoms with Gasteiger partial charge >= 0.3 is 10.8 Å². The van der Waals surface area contributed by atoms with Gasteiger partial charge in [0.2, 0.25) is 0 Å². The van der Waals surface area contributed by atoms with E-state index >= 15 is 0 Å². The van der Waals surface area contributed by atoms with Crippen LogP contribution in [0, 0.1) is 5.92 Å². The maximum atomic E-state index is 12.4. The molecule has 0 radical (unpaired) electrons. The summed E-state index contributed by atoms with van der Waals surface area (Å²) < 4.78 is 10.5. The van der Waals surface area contributed by atoms with Crippen molar-refractivity contribution in [1.29, 1.82) is 0 Å². The van der Waals surface area contributed by atoms with Crippen molar-refractivity contribution in [3.63, 3.8) is 0 Å². The van der Waals surface area contributed by atoms with Gasteiger partial charge in [-0.05, 0) is 35.4 Å². The number of nitrogens with one attached hydrogen (secondary N) is 1. The standard InChI is InChI=1S/C21H19NO5S2/c1-26-13-7-3-11(4-8-13)15-16(20(23)24)17(12-5-9-14(27-2)10-6-12)28-19-18(15)29-21(25)22-19/h3-10,15-17H,1-2H3,(H,22,25)(H,23,24)/t15-,16-,17-/m1/s1. The maximum Gasteiger partial charge on any atom is 0.308 e. The van der Waals surface area contributed by atoms with Gasteiger partial charge in [0.25, 0.3) is 0 Å². The lowest BCUT2D eigenvalue weighted by atomic mass is 9.80. The van der Waals surface area contributed by atoms with E-state index in [4.69, 9.17) is 9.47 Å². The van der Waals surface area contributed by atoms with Crippen molar-refractivity contribution in [2.75, 3.05) is 14.2 Å². The van der Waals surface area contributed by atoms with Gasteiger partial charge in [0, 0.05) is 10.8 Å². The molecule has 3 atom stereocenters. The first-order valence-electron chi connectivity index (χ1n) is 8.92. The summed E-state index contributed by atoms with van der Waals surface area (Å²) in [5.41, 5.74) is 1.72. The average Bonchev–Trinajstić information content (AvgIpc) is 3.12. The average molecular weight is 430 g/mol. The van der Waals surface area contributed by atoms with E-state index in [9.17, 15) is 14.7 Å². The SMILES string of the molecule is COc1ccc([C@H]2c3sc(=O)[nH]c3S[C@H](c3ccc(OC)cc3)[C@@H]2C(=O)O)cc1. The van der Waals surface area contributed by atoms with Gasteiger partial charge in [-0.25, -0.2) is 0 Å². The molecule has 0 aliphatic carbocycles. The van der Waals surface area contributed by atoms with Crippen LogP contribution >= 0.6 is 23.1 Å². The lowest BCUT2D eigenvalue weighted by molar-refractivity contribution is -0.142. The Balaban J connectivity index is 1.85. The van der Waals surface area contributed by atoms with E-state index in [2.05, 4.69) is 4.98 Å². The first kappa shape index (κ1) is 19.6. The Hall–Kier alpha value is -2.71. The van der Waals surface area contributed by atoms with E-state index in [0.717, 1.165) is 32.4 Å². The summed E-state index contributed by atoms with van der Waals surface area (Å²) in [5, 5.41) is 10.6. The Morgan fingerprint density at radius 2 is 1.52 bits per heavy atom. The Bertz CT molecular complexity index is 1070. The molecule has 8 heteroatoms. The highest BCUT2D eigenvalue weighted by molar-refractivity contribution is 7.99. The number of benzene rings is 2. The molecular formula is C21H19NO5S2. The van der Waals surface area contributed by atoms with E-state index in [1.165, 1.54) is 11.8 Å². The molecule has 0 saturated heterocycles. The highest BCUT2D eigenvalue weighted by Crippen LogP contribution is 2.55. The smallest absolute Gasteiger partial charge is 0.308 e. The zero-order chi connectivity index (χ0) is 20.5. The minimum atomic E-state index is -0.898. The van der Waals surface area contributed by atoms with Gasteiger partial charge in [-0.2, -0.15) is 0 Å². The number of carboxylic acids is 1. The molecule has 2 aromatic carbocycles. The van der Waals surface area contributed by atoms with E-state index in [1.807, 2.05) is 48.5 Å². The van der Waals surface area contributed by atoms with Crippen LogP contribution in [0.3, 0.4) is 0 Å². The van der Waals surface area contributed by atoms with Crippen molar-refractivity contribution in [2.24, 2.45) is 5.92 Å². The van der Waals surface area contributed by atoms with Gasteiger partial charge in [-0.1, -0.05) is 47.4 Å². The first-order chi connectivity index (χ1) is 14.0. The van der Waals surface area contributed by atoms with Crippen LogP contribution in [0.5, 0.6) is 11.5 Å². The highest BCUT2D eigenvalue weighted by atomic mass is 32.2. The molecule has 0 saturated carbocycles.